The first-order chi connectivity index (χ1) is 10.1. The molecular weight excluding hydrogens is 305 g/mol. The number of carbonyl (C=O) groups excluding carboxylic acids is 4. The molecule has 1 aliphatic rings. The van der Waals surface area contributed by atoms with Gasteiger partial charge >= 0.3 is 12.2 Å². The molecule has 2 rings (SSSR count). The van der Waals surface area contributed by atoms with Crippen LogP contribution in [0.5, 0.6) is 0 Å². The molecule has 0 aromatic heterocycles. The van der Waals surface area contributed by atoms with E-state index in [1.165, 1.54) is 0 Å². The Kier molecular flexibility index (Phi) is 3.74. The fraction of sp³-hybridized carbons (Fsp3) is 0.231. The number of amides is 4. The number of hydrogen-bond donors (Lipinski definition) is 1. The molecule has 1 aliphatic heterocycles. The summed E-state index contributed by atoms with van der Waals surface area (Å²) < 4.78 is 37.5. The third-order valence-electron chi connectivity index (χ3n) is 3.02. The van der Waals surface area contributed by atoms with Crippen LogP contribution >= 0.6 is 0 Å². The molecule has 22 heavy (non-hydrogen) atoms. The lowest BCUT2D eigenvalue weighted by molar-refractivity contribution is -0.140. The molecule has 9 heteroatoms. The van der Waals surface area contributed by atoms with Crippen molar-refractivity contribution >= 4 is 29.3 Å². The number of carbonyl (C=O) groups is 4. The van der Waals surface area contributed by atoms with E-state index < -0.39 is 41.3 Å². The van der Waals surface area contributed by atoms with E-state index in [1.807, 2.05) is 5.32 Å². The molecule has 1 heterocycles. The number of nitrogens with one attached hydrogen (secondary N) is 1. The smallest absolute Gasteiger partial charge is 0.299 e. The largest absolute Gasteiger partial charge is 0.416 e. The maximum atomic E-state index is 12.5. The molecule has 1 N–H and O–H groups in total. The Balaban J connectivity index is 2.38. The average molecular weight is 314 g/mol. The van der Waals surface area contributed by atoms with Crippen molar-refractivity contribution < 1.29 is 32.3 Å². The predicted octanol–water partition coefficient (Wildman–Crippen LogP) is 1.49. The molecule has 0 saturated carbocycles. The molecule has 0 bridgehead atoms. The molecular formula is C13H9F3N2O4. The van der Waals surface area contributed by atoms with Gasteiger partial charge in [0.05, 0.1) is 11.3 Å². The molecule has 0 spiro atoms. The fourth-order valence-electron chi connectivity index (χ4n) is 1.98. The number of Topliss-reactive ketones (excluding diaryl/α,β-unsaturated/α-hetero) is 1. The third kappa shape index (κ3) is 2.69. The highest BCUT2D eigenvalue weighted by atomic mass is 19.4. The number of benzene rings is 1. The molecule has 6 nitrogen and oxygen atoms in total. The molecule has 4 amide bonds. The summed E-state index contributed by atoms with van der Waals surface area (Å²) in [6.07, 6.45) is -4.56. The van der Waals surface area contributed by atoms with Gasteiger partial charge in [0.15, 0.2) is 11.7 Å². The van der Waals surface area contributed by atoms with E-state index >= 15 is 0 Å². The van der Waals surface area contributed by atoms with Gasteiger partial charge in [0.2, 0.25) is 5.91 Å². The van der Waals surface area contributed by atoms with Crippen LogP contribution in [-0.4, -0.2) is 23.6 Å². The van der Waals surface area contributed by atoms with E-state index in [0.29, 0.717) is 17.0 Å². The summed E-state index contributed by atoms with van der Waals surface area (Å²) in [4.78, 5) is 47.0. The highest BCUT2D eigenvalue weighted by molar-refractivity contribution is 6.34. The number of halogens is 3. The molecule has 1 aromatic rings. The Hall–Kier alpha value is -2.71. The molecule has 0 radical (unpaired) electrons. The summed E-state index contributed by atoms with van der Waals surface area (Å²) in [7, 11) is 0. The SMILES string of the molecule is CC(=O)[C@H]1C(=O)NC(=O)N(c2ccc(C(F)(F)F)cc2)C1=O. The first kappa shape index (κ1) is 15.7. The number of urea groups is 1. The van der Waals surface area contributed by atoms with Gasteiger partial charge in [-0.05, 0) is 31.2 Å². The number of barbiturate groups is 1. The summed E-state index contributed by atoms with van der Waals surface area (Å²) in [5.74, 6) is -4.61. The van der Waals surface area contributed by atoms with Crippen LogP contribution in [0.3, 0.4) is 0 Å². The van der Waals surface area contributed by atoms with Crippen molar-refractivity contribution in [3.63, 3.8) is 0 Å². The minimum Gasteiger partial charge on any atom is -0.299 e. The standard InChI is InChI=1S/C13H9F3N2O4/c1-6(19)9-10(20)17-12(22)18(11(9)21)8-4-2-7(3-5-8)13(14,15)16/h2-5,9H,1H3,(H,17,20,22)/t9-/m0/s1. The van der Waals surface area contributed by atoms with Gasteiger partial charge in [-0.3, -0.25) is 19.7 Å². The summed E-state index contributed by atoms with van der Waals surface area (Å²) in [6, 6.07) is 2.08. The molecule has 1 atom stereocenters. The highest BCUT2D eigenvalue weighted by Gasteiger charge is 2.44. The summed E-state index contributed by atoms with van der Waals surface area (Å²) >= 11 is 0. The van der Waals surface area contributed by atoms with Crippen LogP contribution in [0.4, 0.5) is 23.7 Å². The number of imide groups is 2. The topological polar surface area (TPSA) is 83.6 Å². The molecule has 116 valence electrons. The number of hydrogen-bond acceptors (Lipinski definition) is 4. The van der Waals surface area contributed by atoms with Crippen molar-refractivity contribution in [2.45, 2.75) is 13.1 Å². The van der Waals surface area contributed by atoms with Gasteiger partial charge in [-0.15, -0.1) is 0 Å². The van der Waals surface area contributed by atoms with Crippen LogP contribution in [0, 0.1) is 5.92 Å². The quantitative estimate of drug-likeness (QED) is 0.838. The maximum absolute atomic E-state index is 12.5. The molecule has 1 aromatic carbocycles. The van der Waals surface area contributed by atoms with Crippen LogP contribution in [0.15, 0.2) is 24.3 Å². The van der Waals surface area contributed by atoms with Gasteiger partial charge in [-0.2, -0.15) is 13.2 Å². The Bertz CT molecular complexity index is 667. The van der Waals surface area contributed by atoms with E-state index in [2.05, 4.69) is 0 Å². The Morgan fingerprint density at radius 3 is 2.14 bits per heavy atom. The monoisotopic (exact) mass is 314 g/mol. The van der Waals surface area contributed by atoms with Crippen LogP contribution in [0.25, 0.3) is 0 Å². The zero-order valence-corrected chi connectivity index (χ0v) is 11.1. The highest BCUT2D eigenvalue weighted by Crippen LogP contribution is 2.31. The van der Waals surface area contributed by atoms with Crippen LogP contribution in [-0.2, 0) is 20.6 Å². The lowest BCUT2D eigenvalue weighted by Gasteiger charge is -2.29. The Morgan fingerprint density at radius 2 is 1.68 bits per heavy atom. The number of alkyl halides is 3. The second kappa shape index (κ2) is 5.24. The predicted molar refractivity (Wildman–Crippen MR) is 66.6 cm³/mol. The van der Waals surface area contributed by atoms with Gasteiger partial charge < -0.3 is 0 Å². The zero-order valence-electron chi connectivity index (χ0n) is 11.1. The number of rotatable bonds is 2. The van der Waals surface area contributed by atoms with Crippen molar-refractivity contribution in [3.8, 4) is 0 Å². The first-order valence-electron chi connectivity index (χ1n) is 5.99. The van der Waals surface area contributed by atoms with Crippen LogP contribution in [0.1, 0.15) is 12.5 Å². The lowest BCUT2D eigenvalue weighted by Crippen LogP contribution is -2.59. The van der Waals surface area contributed by atoms with Crippen molar-refractivity contribution in [3.05, 3.63) is 29.8 Å². The number of ketones is 1. The second-order valence-corrected chi connectivity index (χ2v) is 4.56. The summed E-state index contributed by atoms with van der Waals surface area (Å²) in [6.45, 7) is 1.00. The van der Waals surface area contributed by atoms with Gasteiger partial charge in [0, 0.05) is 0 Å². The van der Waals surface area contributed by atoms with Crippen molar-refractivity contribution in [2.24, 2.45) is 5.92 Å². The van der Waals surface area contributed by atoms with E-state index in [4.69, 9.17) is 0 Å². The Labute approximate surface area is 121 Å². The van der Waals surface area contributed by atoms with E-state index in [1.54, 1.807) is 0 Å². The van der Waals surface area contributed by atoms with Crippen LogP contribution in [0.2, 0.25) is 0 Å². The van der Waals surface area contributed by atoms with E-state index in [-0.39, 0.29) is 5.69 Å². The number of nitrogens with zero attached hydrogens (tertiary/aromatic N) is 1. The minimum atomic E-state index is -4.56. The molecule has 1 fully saturated rings. The van der Waals surface area contributed by atoms with Gasteiger partial charge in [-0.1, -0.05) is 0 Å². The van der Waals surface area contributed by atoms with E-state index in [0.717, 1.165) is 19.1 Å². The van der Waals surface area contributed by atoms with Crippen molar-refractivity contribution in [2.75, 3.05) is 4.90 Å². The summed E-state index contributed by atoms with van der Waals surface area (Å²) in [5, 5.41) is 1.82. The first-order valence-corrected chi connectivity index (χ1v) is 5.99. The number of anilines is 1. The minimum absolute atomic E-state index is 0.172. The lowest BCUT2D eigenvalue weighted by atomic mass is 10.00. The van der Waals surface area contributed by atoms with Gasteiger partial charge in [0.25, 0.3) is 5.91 Å². The summed E-state index contributed by atoms with van der Waals surface area (Å²) in [5.41, 5.74) is -1.13. The Morgan fingerprint density at radius 1 is 1.14 bits per heavy atom. The van der Waals surface area contributed by atoms with Crippen LogP contribution < -0.4 is 10.2 Å². The zero-order chi connectivity index (χ0) is 16.7. The van der Waals surface area contributed by atoms with E-state index in [9.17, 15) is 32.3 Å². The third-order valence-corrected chi connectivity index (χ3v) is 3.02. The normalized spacial score (nSPS) is 19.2. The second-order valence-electron chi connectivity index (χ2n) is 4.56. The fourth-order valence-corrected chi connectivity index (χ4v) is 1.98. The van der Waals surface area contributed by atoms with Gasteiger partial charge in [-0.25, -0.2) is 9.69 Å². The van der Waals surface area contributed by atoms with Crippen molar-refractivity contribution in [1.29, 1.82) is 0 Å². The molecule has 0 aliphatic carbocycles. The maximum Gasteiger partial charge on any atom is 0.416 e. The molecule has 0 unspecified atom stereocenters. The molecule has 1 saturated heterocycles. The van der Waals surface area contributed by atoms with Crippen molar-refractivity contribution in [1.82, 2.24) is 5.32 Å². The van der Waals surface area contributed by atoms with Gasteiger partial charge in [0.1, 0.15) is 0 Å². The average Bonchev–Trinajstić information content (AvgIpc) is 2.37.